The van der Waals surface area contributed by atoms with Crippen LogP contribution < -0.4 is 10.3 Å². The number of piperidine rings is 1. The number of aromatic amines is 1. The molecule has 2 aliphatic rings. The normalized spacial score (nSPS) is 21.6. The minimum absolute atomic E-state index is 0.0734. The maximum absolute atomic E-state index is 12.2. The van der Waals surface area contributed by atoms with Crippen LogP contribution in [-0.2, 0) is 12.2 Å². The third kappa shape index (κ3) is 3.07. The molecule has 24 heavy (non-hydrogen) atoms. The highest BCUT2D eigenvalue weighted by Gasteiger charge is 2.21. The number of benzene rings is 1. The summed E-state index contributed by atoms with van der Waals surface area (Å²) in [6, 6.07) is 6.12. The van der Waals surface area contributed by atoms with Gasteiger partial charge in [0, 0.05) is 28.8 Å². The van der Waals surface area contributed by atoms with Gasteiger partial charge in [-0.1, -0.05) is 6.92 Å². The number of fused-ring (bicyclic) bond motifs is 3. The van der Waals surface area contributed by atoms with E-state index in [2.05, 4.69) is 22.9 Å². The lowest BCUT2D eigenvalue weighted by molar-refractivity contribution is 0.0921. The molecule has 0 aliphatic carbocycles. The van der Waals surface area contributed by atoms with Gasteiger partial charge in [0.05, 0.1) is 0 Å². The molecule has 1 atom stereocenters. The second-order valence-corrected chi connectivity index (χ2v) is 7.80. The smallest absolute Gasteiger partial charge is 0.252 e. The first-order chi connectivity index (χ1) is 11.7. The van der Waals surface area contributed by atoms with Crippen LogP contribution >= 0.6 is 11.8 Å². The molecule has 4 nitrogen and oxygen atoms in total. The first-order valence-electron chi connectivity index (χ1n) is 8.89. The maximum atomic E-state index is 12.2. The number of hydrogen-bond donors (Lipinski definition) is 1. The SMILES string of the molecule is CCN1CCCC(Oc2ccc3[nH]c(=O)c4c(c3c2)CCSC4)C1. The third-order valence-electron chi connectivity index (χ3n) is 5.16. The lowest BCUT2D eigenvalue weighted by atomic mass is 10.0. The second kappa shape index (κ2) is 6.81. The van der Waals surface area contributed by atoms with Gasteiger partial charge in [0.2, 0.25) is 0 Å². The Kier molecular flexibility index (Phi) is 4.55. The minimum Gasteiger partial charge on any atom is -0.489 e. The number of nitrogens with one attached hydrogen (secondary N) is 1. The van der Waals surface area contributed by atoms with Crippen LogP contribution in [0.5, 0.6) is 5.75 Å². The van der Waals surface area contributed by atoms with Gasteiger partial charge in [-0.15, -0.1) is 0 Å². The zero-order valence-corrected chi connectivity index (χ0v) is 15.0. The Morgan fingerprint density at radius 3 is 3.17 bits per heavy atom. The quantitative estimate of drug-likeness (QED) is 0.929. The lowest BCUT2D eigenvalue weighted by Gasteiger charge is -2.32. The molecule has 2 aliphatic heterocycles. The van der Waals surface area contributed by atoms with Crippen molar-refractivity contribution in [1.29, 1.82) is 0 Å². The van der Waals surface area contributed by atoms with Gasteiger partial charge in [-0.25, -0.2) is 0 Å². The Morgan fingerprint density at radius 2 is 2.29 bits per heavy atom. The van der Waals surface area contributed by atoms with E-state index in [1.807, 2.05) is 23.9 Å². The van der Waals surface area contributed by atoms with Crippen LogP contribution in [0.2, 0.25) is 0 Å². The van der Waals surface area contributed by atoms with Crippen LogP contribution in [-0.4, -0.2) is 41.4 Å². The van der Waals surface area contributed by atoms with Crippen molar-refractivity contribution in [3.8, 4) is 5.75 Å². The van der Waals surface area contributed by atoms with E-state index in [1.165, 1.54) is 18.5 Å². The largest absolute Gasteiger partial charge is 0.489 e. The van der Waals surface area contributed by atoms with E-state index in [4.69, 9.17) is 4.74 Å². The summed E-state index contributed by atoms with van der Waals surface area (Å²) in [5.74, 6) is 2.84. The third-order valence-corrected chi connectivity index (χ3v) is 6.14. The number of nitrogens with zero attached hydrogens (tertiary/aromatic N) is 1. The van der Waals surface area contributed by atoms with Crippen LogP contribution in [0.3, 0.4) is 0 Å². The molecular weight excluding hydrogens is 320 g/mol. The summed E-state index contributed by atoms with van der Waals surface area (Å²) in [4.78, 5) is 17.7. The number of rotatable bonds is 3. The van der Waals surface area contributed by atoms with Gasteiger partial charge in [-0.2, -0.15) is 11.8 Å². The van der Waals surface area contributed by atoms with Gasteiger partial charge in [-0.3, -0.25) is 9.69 Å². The summed E-state index contributed by atoms with van der Waals surface area (Å²) in [6.07, 6.45) is 3.56. The van der Waals surface area contributed by atoms with Gasteiger partial charge in [0.1, 0.15) is 11.9 Å². The molecule has 0 spiro atoms. The number of H-pyrrole nitrogens is 1. The minimum atomic E-state index is 0.0734. The van der Waals surface area contributed by atoms with E-state index in [0.717, 1.165) is 59.7 Å². The predicted octanol–water partition coefficient (Wildman–Crippen LogP) is 3.18. The monoisotopic (exact) mass is 344 g/mol. The summed E-state index contributed by atoms with van der Waals surface area (Å²) in [7, 11) is 0. The van der Waals surface area contributed by atoms with Crippen LogP contribution in [0.4, 0.5) is 0 Å². The Bertz CT molecular complexity index is 802. The van der Waals surface area contributed by atoms with Crippen LogP contribution in [0.1, 0.15) is 30.9 Å². The molecule has 1 aromatic heterocycles. The molecule has 128 valence electrons. The molecule has 3 heterocycles. The molecule has 0 saturated carbocycles. The van der Waals surface area contributed by atoms with E-state index in [0.29, 0.717) is 0 Å². The van der Waals surface area contributed by atoms with Crippen molar-refractivity contribution in [2.24, 2.45) is 0 Å². The van der Waals surface area contributed by atoms with E-state index in [1.54, 1.807) is 0 Å². The number of aromatic nitrogens is 1. The summed E-state index contributed by atoms with van der Waals surface area (Å²) in [5, 5.41) is 1.16. The molecule has 0 amide bonds. The van der Waals surface area contributed by atoms with Gasteiger partial charge in [0.25, 0.3) is 5.56 Å². The topological polar surface area (TPSA) is 45.3 Å². The molecule has 0 radical (unpaired) electrons. The molecule has 1 unspecified atom stereocenters. The Hall–Kier alpha value is -1.46. The standard InChI is InChI=1S/C19H24N2O2S/c1-2-21-8-3-4-14(11-21)23-13-5-6-18-16(10-13)15-7-9-24-12-17(15)19(22)20-18/h5-6,10,14H,2-4,7-9,11-12H2,1H3,(H,20,22). The zero-order valence-electron chi connectivity index (χ0n) is 14.1. The molecule has 1 fully saturated rings. The molecule has 2 aromatic rings. The summed E-state index contributed by atoms with van der Waals surface area (Å²) >= 11 is 1.84. The number of hydrogen-bond acceptors (Lipinski definition) is 4. The highest BCUT2D eigenvalue weighted by molar-refractivity contribution is 7.98. The molecular formula is C19H24N2O2S. The van der Waals surface area contributed by atoms with Crippen molar-refractivity contribution in [3.63, 3.8) is 0 Å². The predicted molar refractivity (Wildman–Crippen MR) is 100 cm³/mol. The molecule has 1 saturated heterocycles. The van der Waals surface area contributed by atoms with Crippen molar-refractivity contribution in [2.45, 2.75) is 38.0 Å². The molecule has 5 heteroatoms. The van der Waals surface area contributed by atoms with E-state index >= 15 is 0 Å². The molecule has 0 bridgehead atoms. The fourth-order valence-electron chi connectivity index (χ4n) is 3.83. The number of thioether (sulfide) groups is 1. The van der Waals surface area contributed by atoms with Crippen molar-refractivity contribution in [1.82, 2.24) is 9.88 Å². The maximum Gasteiger partial charge on any atom is 0.252 e. The highest BCUT2D eigenvalue weighted by atomic mass is 32.2. The first-order valence-corrected chi connectivity index (χ1v) is 10.0. The average Bonchev–Trinajstić information content (AvgIpc) is 2.63. The van der Waals surface area contributed by atoms with Gasteiger partial charge in [-0.05, 0) is 61.9 Å². The Morgan fingerprint density at radius 1 is 1.38 bits per heavy atom. The van der Waals surface area contributed by atoms with E-state index < -0.39 is 0 Å². The Balaban J connectivity index is 1.65. The van der Waals surface area contributed by atoms with Gasteiger partial charge in [0.15, 0.2) is 0 Å². The number of pyridine rings is 1. The second-order valence-electron chi connectivity index (χ2n) is 6.70. The number of ether oxygens (including phenoxy) is 1. The number of likely N-dealkylation sites (N-methyl/N-ethyl adjacent to an activating group) is 1. The van der Waals surface area contributed by atoms with E-state index in [-0.39, 0.29) is 11.7 Å². The first kappa shape index (κ1) is 16.0. The van der Waals surface area contributed by atoms with Crippen molar-refractivity contribution in [3.05, 3.63) is 39.7 Å². The van der Waals surface area contributed by atoms with Gasteiger partial charge < -0.3 is 9.72 Å². The number of likely N-dealkylation sites (tertiary alicyclic amines) is 1. The average molecular weight is 344 g/mol. The molecule has 1 N–H and O–H groups in total. The number of aryl methyl sites for hydroxylation is 1. The van der Waals surface area contributed by atoms with Crippen LogP contribution in [0, 0.1) is 0 Å². The van der Waals surface area contributed by atoms with Gasteiger partial charge >= 0.3 is 0 Å². The Labute approximate surface area is 146 Å². The molecule has 1 aromatic carbocycles. The van der Waals surface area contributed by atoms with Crippen LogP contribution in [0.25, 0.3) is 10.9 Å². The summed E-state index contributed by atoms with van der Waals surface area (Å²) in [6.45, 7) is 5.48. The van der Waals surface area contributed by atoms with Crippen molar-refractivity contribution >= 4 is 22.7 Å². The fraction of sp³-hybridized carbons (Fsp3) is 0.526. The lowest BCUT2D eigenvalue weighted by Crippen LogP contribution is -2.40. The van der Waals surface area contributed by atoms with Crippen LogP contribution in [0.15, 0.2) is 23.0 Å². The summed E-state index contributed by atoms with van der Waals surface area (Å²) < 4.78 is 6.28. The van der Waals surface area contributed by atoms with E-state index in [9.17, 15) is 4.79 Å². The zero-order chi connectivity index (χ0) is 16.5. The summed E-state index contributed by atoms with van der Waals surface area (Å²) in [5.41, 5.74) is 3.17. The van der Waals surface area contributed by atoms with Crippen molar-refractivity contribution in [2.75, 3.05) is 25.4 Å². The highest BCUT2D eigenvalue weighted by Crippen LogP contribution is 2.30. The van der Waals surface area contributed by atoms with Crippen molar-refractivity contribution < 1.29 is 4.74 Å². The molecule has 4 rings (SSSR count). The fourth-order valence-corrected chi connectivity index (χ4v) is 4.83.